The van der Waals surface area contributed by atoms with Gasteiger partial charge in [0.1, 0.15) is 5.92 Å². The lowest BCUT2D eigenvalue weighted by molar-refractivity contribution is -0.386. The van der Waals surface area contributed by atoms with Crippen molar-refractivity contribution in [2.45, 2.75) is 17.9 Å². The number of aliphatic hydroxyl groups is 1. The summed E-state index contributed by atoms with van der Waals surface area (Å²) < 4.78 is 41.7. The van der Waals surface area contributed by atoms with Crippen LogP contribution in [0.4, 0.5) is 18.9 Å². The number of ketones is 1. The molecule has 30 heavy (non-hydrogen) atoms. The number of phenolic OH excluding ortho intramolecular Hbond substituents is 1. The number of Topliss-reactive ketones (excluding diaryl/α,β-unsaturated/α-hetero) is 1. The summed E-state index contributed by atoms with van der Waals surface area (Å²) in [5.74, 6) is -3.98. The number of nitro benzene ring substituents is 1. The molecule has 1 aliphatic rings. The Bertz CT molecular complexity index is 1020. The molecule has 3 rings (SSSR count). The molecule has 12 heteroatoms. The minimum atomic E-state index is -5.32. The van der Waals surface area contributed by atoms with Crippen LogP contribution < -0.4 is 10.6 Å². The number of alkyl halides is 3. The van der Waals surface area contributed by atoms with Gasteiger partial charge in [-0.15, -0.1) is 0 Å². The number of phenols is 1. The van der Waals surface area contributed by atoms with Gasteiger partial charge in [0.25, 0.3) is 0 Å². The van der Waals surface area contributed by atoms with Gasteiger partial charge in [0.05, 0.1) is 11.0 Å². The highest BCUT2D eigenvalue weighted by Crippen LogP contribution is 2.44. The normalized spacial score (nSPS) is 23.9. The van der Waals surface area contributed by atoms with Crippen molar-refractivity contribution in [1.82, 2.24) is 10.6 Å². The fourth-order valence-electron chi connectivity index (χ4n) is 3.28. The Morgan fingerprint density at radius 1 is 1.20 bits per heavy atom. The molecule has 0 radical (unpaired) electrons. The summed E-state index contributed by atoms with van der Waals surface area (Å²) in [6.07, 6.45) is -5.32. The molecular weight excluding hydrogens is 427 g/mol. The maximum atomic E-state index is 13.9. The Balaban J connectivity index is 2.20. The molecule has 1 saturated heterocycles. The van der Waals surface area contributed by atoms with E-state index in [9.17, 15) is 38.3 Å². The number of halogens is 3. The lowest BCUT2D eigenvalue weighted by atomic mass is 9.77. The lowest BCUT2D eigenvalue weighted by Gasteiger charge is -2.46. The van der Waals surface area contributed by atoms with E-state index in [1.54, 1.807) is 11.4 Å². The van der Waals surface area contributed by atoms with E-state index in [1.165, 1.54) is 24.3 Å². The third kappa shape index (κ3) is 3.66. The molecule has 3 atom stereocenters. The van der Waals surface area contributed by atoms with E-state index in [4.69, 9.17) is 12.2 Å². The minimum Gasteiger partial charge on any atom is -0.502 e. The van der Waals surface area contributed by atoms with Crippen molar-refractivity contribution >= 4 is 28.8 Å². The summed E-state index contributed by atoms with van der Waals surface area (Å²) in [5, 5.41) is 35.0. The molecule has 0 amide bonds. The van der Waals surface area contributed by atoms with Crippen molar-refractivity contribution < 1.29 is 33.1 Å². The third-order valence-electron chi connectivity index (χ3n) is 4.70. The van der Waals surface area contributed by atoms with E-state index in [0.29, 0.717) is 0 Å². The molecule has 1 heterocycles. The molecule has 0 aromatic heterocycles. The van der Waals surface area contributed by atoms with Gasteiger partial charge in [0.2, 0.25) is 5.72 Å². The highest BCUT2D eigenvalue weighted by molar-refractivity contribution is 7.80. The summed E-state index contributed by atoms with van der Waals surface area (Å²) in [6, 6.07) is 8.25. The van der Waals surface area contributed by atoms with E-state index in [-0.39, 0.29) is 11.1 Å². The Hall–Kier alpha value is -3.25. The molecule has 0 spiro atoms. The van der Waals surface area contributed by atoms with Crippen LogP contribution in [0.3, 0.4) is 0 Å². The van der Waals surface area contributed by atoms with Gasteiger partial charge in [-0.1, -0.05) is 36.4 Å². The van der Waals surface area contributed by atoms with Gasteiger partial charge in [-0.25, -0.2) is 0 Å². The monoisotopic (exact) mass is 441 g/mol. The Morgan fingerprint density at radius 3 is 2.40 bits per heavy atom. The Morgan fingerprint density at radius 2 is 1.83 bits per heavy atom. The van der Waals surface area contributed by atoms with Gasteiger partial charge in [-0.2, -0.15) is 13.2 Å². The highest BCUT2D eigenvalue weighted by Gasteiger charge is 2.65. The molecule has 158 valence electrons. The van der Waals surface area contributed by atoms with E-state index in [1.807, 2.05) is 0 Å². The molecule has 8 nitrogen and oxygen atoms in total. The molecule has 0 unspecified atom stereocenters. The van der Waals surface area contributed by atoms with Gasteiger partial charge in [-0.3, -0.25) is 14.9 Å². The smallest absolute Gasteiger partial charge is 0.437 e. The average molecular weight is 441 g/mol. The zero-order valence-corrected chi connectivity index (χ0v) is 15.7. The van der Waals surface area contributed by atoms with Gasteiger partial charge in [0.15, 0.2) is 16.6 Å². The van der Waals surface area contributed by atoms with Crippen molar-refractivity contribution in [2.75, 3.05) is 0 Å². The van der Waals surface area contributed by atoms with Crippen molar-refractivity contribution in [3.63, 3.8) is 0 Å². The minimum absolute atomic E-state index is 0.111. The first-order valence-corrected chi connectivity index (χ1v) is 8.81. The number of nitro groups is 1. The highest BCUT2D eigenvalue weighted by atomic mass is 32.1. The van der Waals surface area contributed by atoms with Crippen molar-refractivity contribution in [1.29, 1.82) is 0 Å². The quantitative estimate of drug-likeness (QED) is 0.247. The number of carbonyl (C=O) groups excluding carboxylic acids is 1. The first kappa shape index (κ1) is 21.5. The maximum Gasteiger partial charge on any atom is 0.437 e. The Kier molecular flexibility index (Phi) is 5.39. The van der Waals surface area contributed by atoms with E-state index in [0.717, 1.165) is 18.2 Å². The fraction of sp³-hybridized carbons (Fsp3) is 0.222. The summed E-state index contributed by atoms with van der Waals surface area (Å²) in [6.45, 7) is 0. The van der Waals surface area contributed by atoms with Crippen molar-refractivity contribution in [3.8, 4) is 5.75 Å². The Labute approximate surface area is 172 Å². The summed E-state index contributed by atoms with van der Waals surface area (Å²) in [5.41, 5.74) is -4.79. The number of carbonyl (C=O) groups is 1. The molecular formula is C18H14F3N3O5S. The second kappa shape index (κ2) is 7.54. The van der Waals surface area contributed by atoms with Crippen LogP contribution >= 0.6 is 12.2 Å². The summed E-state index contributed by atoms with van der Waals surface area (Å²) in [4.78, 5) is 23.3. The van der Waals surface area contributed by atoms with Gasteiger partial charge >= 0.3 is 11.9 Å². The van der Waals surface area contributed by atoms with Crippen LogP contribution in [0.5, 0.6) is 5.75 Å². The van der Waals surface area contributed by atoms with Crippen LogP contribution in [0.2, 0.25) is 0 Å². The van der Waals surface area contributed by atoms with Crippen LogP contribution in [0.1, 0.15) is 22.0 Å². The first-order chi connectivity index (χ1) is 14.0. The molecule has 0 bridgehead atoms. The van der Waals surface area contributed by atoms with Crippen LogP contribution in [-0.2, 0) is 0 Å². The summed E-state index contributed by atoms with van der Waals surface area (Å²) in [7, 11) is 0. The average Bonchev–Trinajstić information content (AvgIpc) is 2.67. The van der Waals surface area contributed by atoms with Crippen molar-refractivity contribution in [3.05, 3.63) is 69.8 Å². The molecule has 1 aliphatic heterocycles. The van der Waals surface area contributed by atoms with Gasteiger partial charge < -0.3 is 20.8 Å². The van der Waals surface area contributed by atoms with Crippen LogP contribution in [0.25, 0.3) is 0 Å². The molecule has 0 aliphatic carbocycles. The van der Waals surface area contributed by atoms with Crippen molar-refractivity contribution in [2.24, 2.45) is 5.92 Å². The number of hydrogen-bond donors (Lipinski definition) is 4. The molecule has 1 fully saturated rings. The van der Waals surface area contributed by atoms with Crippen LogP contribution in [0, 0.1) is 16.0 Å². The maximum absolute atomic E-state index is 13.9. The molecule has 4 N–H and O–H groups in total. The first-order valence-electron chi connectivity index (χ1n) is 8.40. The molecule has 0 saturated carbocycles. The summed E-state index contributed by atoms with van der Waals surface area (Å²) >= 11 is 4.79. The number of benzene rings is 2. The topological polar surface area (TPSA) is 125 Å². The number of hydrogen-bond acceptors (Lipinski definition) is 6. The predicted molar refractivity (Wildman–Crippen MR) is 102 cm³/mol. The predicted octanol–water partition coefficient (Wildman–Crippen LogP) is 2.57. The second-order valence-electron chi connectivity index (χ2n) is 6.55. The van der Waals surface area contributed by atoms with E-state index < -0.39 is 51.1 Å². The largest absolute Gasteiger partial charge is 0.502 e. The zero-order valence-electron chi connectivity index (χ0n) is 14.9. The van der Waals surface area contributed by atoms with Gasteiger partial charge in [-0.05, 0) is 23.8 Å². The third-order valence-corrected chi connectivity index (χ3v) is 4.92. The zero-order chi connectivity index (χ0) is 22.3. The number of nitrogens with zero attached hydrogens (tertiary/aromatic N) is 1. The van der Waals surface area contributed by atoms with Gasteiger partial charge in [0, 0.05) is 11.6 Å². The van der Waals surface area contributed by atoms with Crippen LogP contribution in [0.15, 0.2) is 48.5 Å². The number of rotatable bonds is 4. The second-order valence-corrected chi connectivity index (χ2v) is 6.96. The molecule has 2 aromatic rings. The van der Waals surface area contributed by atoms with E-state index >= 15 is 0 Å². The number of aromatic hydroxyl groups is 1. The van der Waals surface area contributed by atoms with E-state index in [2.05, 4.69) is 5.32 Å². The standard InChI is InChI=1S/C18H14F3N3O5S/c19-18(20,21)17(27)13(15(26)9-4-2-1-3-5-9)14(22-16(30)23-17)10-6-7-12(25)11(8-10)24(28)29/h1-8,13-14,25,27H,(H2,22,23,30)/t13-,14-,17+/m1/s1. The lowest BCUT2D eigenvalue weighted by Crippen LogP contribution is -2.72. The fourth-order valence-corrected chi connectivity index (χ4v) is 3.56. The number of nitrogens with one attached hydrogen (secondary N) is 2. The SMILES string of the molecule is O=C(c1ccccc1)[C@H]1[C@@H](c2ccc(O)c([N+](=O)[O-])c2)NC(=S)N[C@@]1(O)C(F)(F)F. The molecule has 2 aromatic carbocycles. The number of thiocarbonyl (C=S) groups is 1. The van der Waals surface area contributed by atoms with Crippen LogP contribution in [-0.4, -0.2) is 37.9 Å².